The van der Waals surface area contributed by atoms with Gasteiger partial charge in [0.05, 0.1) is 12.2 Å². The first-order chi connectivity index (χ1) is 7.84. The monoisotopic (exact) mass is 232 g/mol. The van der Waals surface area contributed by atoms with Gasteiger partial charge in [-0.3, -0.25) is 0 Å². The summed E-state index contributed by atoms with van der Waals surface area (Å²) in [4.78, 5) is 8.66. The third-order valence-electron chi connectivity index (χ3n) is 2.54. The van der Waals surface area contributed by atoms with Crippen molar-refractivity contribution < 1.29 is 4.74 Å². The molecule has 0 unspecified atom stereocenters. The molecule has 4 heteroatoms. The van der Waals surface area contributed by atoms with Crippen molar-refractivity contribution in [1.82, 2.24) is 9.97 Å². The molecule has 2 aromatic rings. The lowest BCUT2D eigenvalue weighted by molar-refractivity contribution is 0.345. The van der Waals surface area contributed by atoms with Crippen LogP contribution >= 0.6 is 11.6 Å². The maximum absolute atomic E-state index is 6.09. The van der Waals surface area contributed by atoms with Gasteiger partial charge in [0, 0.05) is 12.0 Å². The summed E-state index contributed by atoms with van der Waals surface area (Å²) in [5.74, 6) is 1.24. The zero-order valence-corrected chi connectivity index (χ0v) is 9.24. The normalized spacial score (nSPS) is 13.3. The number of aromatic nitrogens is 2. The summed E-state index contributed by atoms with van der Waals surface area (Å²) >= 11 is 6.09. The summed E-state index contributed by atoms with van der Waals surface area (Å²) in [6.07, 6.45) is 0.795. The lowest BCUT2D eigenvalue weighted by Crippen LogP contribution is -1.94. The van der Waals surface area contributed by atoms with E-state index in [0.29, 0.717) is 23.5 Å². The van der Waals surface area contributed by atoms with Gasteiger partial charge in [-0.1, -0.05) is 41.9 Å². The first-order valence-corrected chi connectivity index (χ1v) is 5.47. The van der Waals surface area contributed by atoms with E-state index in [0.717, 1.165) is 17.5 Å². The summed E-state index contributed by atoms with van der Waals surface area (Å²) in [5, 5.41) is 0.501. The number of fused-ring (bicyclic) bond motifs is 1. The Bertz CT molecular complexity index is 528. The average molecular weight is 233 g/mol. The molecule has 0 amide bonds. The molecule has 0 N–H and O–H groups in total. The van der Waals surface area contributed by atoms with Crippen molar-refractivity contribution >= 4 is 11.6 Å². The molecular formula is C12H9ClN2O. The fourth-order valence-corrected chi connectivity index (χ4v) is 1.99. The molecule has 0 saturated carbocycles. The average Bonchev–Trinajstić information content (AvgIpc) is 2.79. The molecule has 3 rings (SSSR count). The minimum atomic E-state index is 0.501. The van der Waals surface area contributed by atoms with Gasteiger partial charge in [-0.25, -0.2) is 4.98 Å². The number of hydrogen-bond donors (Lipinski definition) is 0. The fraction of sp³-hybridized carbons (Fsp3) is 0.167. The highest BCUT2D eigenvalue weighted by Gasteiger charge is 2.20. The predicted octanol–water partition coefficient (Wildman–Crippen LogP) is 2.73. The van der Waals surface area contributed by atoms with Crippen LogP contribution in [-0.4, -0.2) is 16.6 Å². The molecule has 16 heavy (non-hydrogen) atoms. The van der Waals surface area contributed by atoms with Crippen molar-refractivity contribution in [3.63, 3.8) is 0 Å². The SMILES string of the molecule is Clc1nc(-c2ccccc2)nc2c1CCO2. The maximum atomic E-state index is 6.09. The number of benzene rings is 1. The van der Waals surface area contributed by atoms with Crippen molar-refractivity contribution in [1.29, 1.82) is 0 Å². The predicted molar refractivity (Wildman–Crippen MR) is 61.7 cm³/mol. The summed E-state index contributed by atoms with van der Waals surface area (Å²) < 4.78 is 5.41. The van der Waals surface area contributed by atoms with Gasteiger partial charge >= 0.3 is 0 Å². The van der Waals surface area contributed by atoms with E-state index in [4.69, 9.17) is 16.3 Å². The Kier molecular flexibility index (Phi) is 2.26. The molecule has 0 bridgehead atoms. The Balaban J connectivity index is 2.13. The van der Waals surface area contributed by atoms with E-state index < -0.39 is 0 Å². The van der Waals surface area contributed by atoms with Crippen LogP contribution in [0.1, 0.15) is 5.56 Å². The highest BCUT2D eigenvalue weighted by atomic mass is 35.5. The summed E-state index contributed by atoms with van der Waals surface area (Å²) in [5.41, 5.74) is 1.86. The Morgan fingerprint density at radius 2 is 1.94 bits per heavy atom. The van der Waals surface area contributed by atoms with Crippen LogP contribution in [-0.2, 0) is 6.42 Å². The Morgan fingerprint density at radius 1 is 1.12 bits per heavy atom. The van der Waals surface area contributed by atoms with E-state index in [9.17, 15) is 0 Å². The molecule has 0 radical (unpaired) electrons. The first kappa shape index (κ1) is 9.60. The van der Waals surface area contributed by atoms with Gasteiger partial charge in [-0.15, -0.1) is 0 Å². The fourth-order valence-electron chi connectivity index (χ4n) is 1.73. The second-order valence-electron chi connectivity index (χ2n) is 3.59. The van der Waals surface area contributed by atoms with Gasteiger partial charge in [-0.05, 0) is 0 Å². The third-order valence-corrected chi connectivity index (χ3v) is 2.85. The molecule has 0 aliphatic carbocycles. The van der Waals surface area contributed by atoms with Crippen molar-refractivity contribution in [2.45, 2.75) is 6.42 Å². The third kappa shape index (κ3) is 1.53. The molecule has 2 heterocycles. The number of rotatable bonds is 1. The van der Waals surface area contributed by atoms with Gasteiger partial charge in [0.25, 0.3) is 0 Å². The van der Waals surface area contributed by atoms with E-state index in [2.05, 4.69) is 9.97 Å². The Labute approximate surface area is 98.1 Å². The second-order valence-corrected chi connectivity index (χ2v) is 3.94. The lowest BCUT2D eigenvalue weighted by Gasteiger charge is -2.04. The second kappa shape index (κ2) is 3.76. The molecule has 3 nitrogen and oxygen atoms in total. The number of hydrogen-bond acceptors (Lipinski definition) is 3. The summed E-state index contributed by atoms with van der Waals surface area (Å²) in [6.45, 7) is 0.641. The van der Waals surface area contributed by atoms with Crippen LogP contribution in [0.5, 0.6) is 5.88 Å². The van der Waals surface area contributed by atoms with Crippen LogP contribution in [0.25, 0.3) is 11.4 Å². The van der Waals surface area contributed by atoms with Crippen LogP contribution in [0.4, 0.5) is 0 Å². The molecule has 80 valence electrons. The van der Waals surface area contributed by atoms with Gasteiger partial charge in [0.2, 0.25) is 5.88 Å². The standard InChI is InChI=1S/C12H9ClN2O/c13-10-9-6-7-16-12(9)15-11(14-10)8-4-2-1-3-5-8/h1-5H,6-7H2. The number of nitrogens with zero attached hydrogens (tertiary/aromatic N) is 2. The van der Waals surface area contributed by atoms with E-state index in [1.54, 1.807) is 0 Å². The van der Waals surface area contributed by atoms with Crippen molar-refractivity contribution in [3.05, 3.63) is 41.0 Å². The minimum absolute atomic E-state index is 0.501. The van der Waals surface area contributed by atoms with Gasteiger partial charge in [0.1, 0.15) is 5.15 Å². The molecule has 1 aliphatic heterocycles. The number of halogens is 1. The van der Waals surface area contributed by atoms with Crippen LogP contribution < -0.4 is 4.74 Å². The first-order valence-electron chi connectivity index (χ1n) is 5.09. The highest BCUT2D eigenvalue weighted by molar-refractivity contribution is 6.30. The van der Waals surface area contributed by atoms with Gasteiger partial charge in [-0.2, -0.15) is 4.98 Å². The number of ether oxygens (including phenoxy) is 1. The van der Waals surface area contributed by atoms with Crippen LogP contribution in [0.15, 0.2) is 30.3 Å². The Morgan fingerprint density at radius 3 is 2.75 bits per heavy atom. The molecule has 0 saturated heterocycles. The molecular weight excluding hydrogens is 224 g/mol. The summed E-state index contributed by atoms with van der Waals surface area (Å²) in [7, 11) is 0. The van der Waals surface area contributed by atoms with Gasteiger partial charge < -0.3 is 4.74 Å². The quantitative estimate of drug-likeness (QED) is 0.710. The lowest BCUT2D eigenvalue weighted by atomic mass is 10.2. The zero-order chi connectivity index (χ0) is 11.0. The van der Waals surface area contributed by atoms with Crippen molar-refractivity contribution in [2.75, 3.05) is 6.61 Å². The van der Waals surface area contributed by atoms with E-state index in [-0.39, 0.29) is 0 Å². The minimum Gasteiger partial charge on any atom is -0.477 e. The molecule has 1 aromatic heterocycles. The topological polar surface area (TPSA) is 35.0 Å². The Hall–Kier alpha value is -1.61. The van der Waals surface area contributed by atoms with E-state index in [1.165, 1.54) is 0 Å². The largest absolute Gasteiger partial charge is 0.477 e. The van der Waals surface area contributed by atoms with Crippen LogP contribution in [0.2, 0.25) is 5.15 Å². The molecule has 1 aliphatic rings. The van der Waals surface area contributed by atoms with E-state index >= 15 is 0 Å². The molecule has 1 aromatic carbocycles. The van der Waals surface area contributed by atoms with E-state index in [1.807, 2.05) is 30.3 Å². The zero-order valence-electron chi connectivity index (χ0n) is 8.48. The maximum Gasteiger partial charge on any atom is 0.221 e. The van der Waals surface area contributed by atoms with Crippen molar-refractivity contribution in [2.24, 2.45) is 0 Å². The van der Waals surface area contributed by atoms with Crippen LogP contribution in [0, 0.1) is 0 Å². The van der Waals surface area contributed by atoms with Crippen LogP contribution in [0.3, 0.4) is 0 Å². The molecule has 0 spiro atoms. The smallest absolute Gasteiger partial charge is 0.221 e. The van der Waals surface area contributed by atoms with Gasteiger partial charge in [0.15, 0.2) is 5.82 Å². The highest BCUT2D eigenvalue weighted by Crippen LogP contribution is 2.30. The van der Waals surface area contributed by atoms with Crippen molar-refractivity contribution in [3.8, 4) is 17.3 Å². The molecule has 0 atom stereocenters. The molecule has 0 fully saturated rings. The summed E-state index contributed by atoms with van der Waals surface area (Å²) in [6, 6.07) is 9.75.